The van der Waals surface area contributed by atoms with Crippen molar-refractivity contribution in [2.24, 2.45) is 0 Å². The van der Waals surface area contributed by atoms with Crippen molar-refractivity contribution in [1.29, 1.82) is 0 Å². The van der Waals surface area contributed by atoms with Crippen molar-refractivity contribution in [3.8, 4) is 0 Å². The van der Waals surface area contributed by atoms with Crippen LogP contribution >= 0.6 is 23.4 Å². The Morgan fingerprint density at radius 2 is 2.06 bits per heavy atom. The molecule has 0 aliphatic heterocycles. The van der Waals surface area contributed by atoms with Crippen LogP contribution in [0.3, 0.4) is 0 Å². The van der Waals surface area contributed by atoms with Crippen LogP contribution in [0.1, 0.15) is 5.56 Å². The van der Waals surface area contributed by atoms with Crippen LogP contribution in [0.4, 0.5) is 15.9 Å². The van der Waals surface area contributed by atoms with E-state index < -0.39 is 0 Å². The number of thioether (sulfide) groups is 1. The summed E-state index contributed by atoms with van der Waals surface area (Å²) >= 11 is 7.29. The minimum atomic E-state index is -0.230. The van der Waals surface area contributed by atoms with Crippen molar-refractivity contribution < 1.29 is 4.39 Å². The smallest absolute Gasteiger partial charge is 0.190 e. The van der Waals surface area contributed by atoms with E-state index in [2.05, 4.69) is 15.3 Å². The summed E-state index contributed by atoms with van der Waals surface area (Å²) in [6.45, 7) is 1.71. The van der Waals surface area contributed by atoms with E-state index in [-0.39, 0.29) is 5.82 Å². The minimum Gasteiger partial charge on any atom is -0.340 e. The van der Waals surface area contributed by atoms with Crippen molar-refractivity contribution >= 4 is 34.9 Å². The van der Waals surface area contributed by atoms with Crippen LogP contribution in [0.15, 0.2) is 29.4 Å². The topological polar surface area (TPSA) is 37.8 Å². The second kappa shape index (κ2) is 5.54. The van der Waals surface area contributed by atoms with Crippen molar-refractivity contribution in [3.63, 3.8) is 0 Å². The highest BCUT2D eigenvalue weighted by Crippen LogP contribution is 2.22. The van der Waals surface area contributed by atoms with E-state index in [9.17, 15) is 4.39 Å². The van der Waals surface area contributed by atoms with Gasteiger partial charge in [0.05, 0.1) is 0 Å². The molecule has 0 fully saturated rings. The molecule has 0 radical (unpaired) electrons. The highest BCUT2D eigenvalue weighted by Gasteiger charge is 2.04. The van der Waals surface area contributed by atoms with E-state index in [1.807, 2.05) is 6.26 Å². The minimum absolute atomic E-state index is 0.230. The Morgan fingerprint density at radius 3 is 2.72 bits per heavy atom. The summed E-state index contributed by atoms with van der Waals surface area (Å²) < 4.78 is 13.1. The maximum atomic E-state index is 13.1. The fourth-order valence-corrected chi connectivity index (χ4v) is 2.04. The summed E-state index contributed by atoms with van der Waals surface area (Å²) in [5.41, 5.74) is 1.33. The van der Waals surface area contributed by atoms with Gasteiger partial charge in [-0.1, -0.05) is 23.4 Å². The monoisotopic (exact) mass is 283 g/mol. The van der Waals surface area contributed by atoms with Gasteiger partial charge in [-0.05, 0) is 36.9 Å². The van der Waals surface area contributed by atoms with E-state index in [0.717, 1.165) is 5.69 Å². The molecule has 18 heavy (non-hydrogen) atoms. The number of halogens is 2. The molecule has 0 saturated carbocycles. The van der Waals surface area contributed by atoms with E-state index in [1.54, 1.807) is 25.1 Å². The first-order valence-electron chi connectivity index (χ1n) is 5.20. The van der Waals surface area contributed by atoms with Crippen LogP contribution in [0.2, 0.25) is 5.15 Å². The lowest BCUT2D eigenvalue weighted by Gasteiger charge is -2.08. The van der Waals surface area contributed by atoms with Crippen LogP contribution < -0.4 is 5.32 Å². The first-order valence-corrected chi connectivity index (χ1v) is 6.80. The van der Waals surface area contributed by atoms with Gasteiger partial charge in [0.2, 0.25) is 0 Å². The SMILES string of the molecule is CSc1nc(Cl)cc(Nc2ccc(F)c(C)c2)n1. The number of nitrogens with one attached hydrogen (secondary N) is 1. The van der Waals surface area contributed by atoms with Crippen LogP contribution in [0.25, 0.3) is 0 Å². The lowest BCUT2D eigenvalue weighted by molar-refractivity contribution is 0.619. The summed E-state index contributed by atoms with van der Waals surface area (Å²) in [4.78, 5) is 8.30. The zero-order valence-electron chi connectivity index (χ0n) is 9.87. The van der Waals surface area contributed by atoms with E-state index >= 15 is 0 Å². The average Bonchev–Trinajstić information content (AvgIpc) is 2.33. The molecule has 0 saturated heterocycles. The lowest BCUT2D eigenvalue weighted by atomic mass is 10.2. The largest absolute Gasteiger partial charge is 0.340 e. The van der Waals surface area contributed by atoms with Crippen LogP contribution in [0, 0.1) is 12.7 Å². The number of aromatic nitrogens is 2. The lowest BCUT2D eigenvalue weighted by Crippen LogP contribution is -1.97. The predicted molar refractivity (Wildman–Crippen MR) is 73.2 cm³/mol. The third kappa shape index (κ3) is 3.11. The molecule has 2 aromatic rings. The molecule has 0 amide bonds. The molecule has 0 spiro atoms. The molecule has 3 nitrogen and oxygen atoms in total. The van der Waals surface area contributed by atoms with Crippen molar-refractivity contribution in [2.75, 3.05) is 11.6 Å². The molecule has 0 unspecified atom stereocenters. The first kappa shape index (κ1) is 13.1. The van der Waals surface area contributed by atoms with Gasteiger partial charge in [0.1, 0.15) is 16.8 Å². The molecule has 1 N–H and O–H groups in total. The Hall–Kier alpha value is -1.33. The van der Waals surface area contributed by atoms with Gasteiger partial charge >= 0.3 is 0 Å². The molecule has 0 aliphatic rings. The summed E-state index contributed by atoms with van der Waals surface area (Å²) in [5, 5.41) is 4.03. The fourth-order valence-electron chi connectivity index (χ4n) is 1.42. The number of benzene rings is 1. The Kier molecular flexibility index (Phi) is 4.04. The van der Waals surface area contributed by atoms with Crippen LogP contribution in [-0.4, -0.2) is 16.2 Å². The molecule has 94 valence electrons. The van der Waals surface area contributed by atoms with Gasteiger partial charge in [-0.2, -0.15) is 0 Å². The molecule has 2 rings (SSSR count). The van der Waals surface area contributed by atoms with Crippen LogP contribution in [-0.2, 0) is 0 Å². The number of hydrogen-bond donors (Lipinski definition) is 1. The zero-order chi connectivity index (χ0) is 13.1. The fraction of sp³-hybridized carbons (Fsp3) is 0.167. The highest BCUT2D eigenvalue weighted by molar-refractivity contribution is 7.98. The van der Waals surface area contributed by atoms with E-state index in [4.69, 9.17) is 11.6 Å². The third-order valence-electron chi connectivity index (χ3n) is 2.29. The van der Waals surface area contributed by atoms with Gasteiger partial charge in [0, 0.05) is 11.8 Å². The van der Waals surface area contributed by atoms with Gasteiger partial charge in [-0.15, -0.1) is 0 Å². The third-order valence-corrected chi connectivity index (χ3v) is 3.03. The molecule has 0 bridgehead atoms. The maximum absolute atomic E-state index is 13.1. The summed E-state index contributed by atoms with van der Waals surface area (Å²) in [7, 11) is 0. The number of rotatable bonds is 3. The number of anilines is 2. The molecule has 1 heterocycles. The molecule has 0 atom stereocenters. The number of aryl methyl sites for hydroxylation is 1. The Labute approximate surface area is 114 Å². The molecule has 1 aromatic heterocycles. The number of nitrogens with zero attached hydrogens (tertiary/aromatic N) is 2. The molecular weight excluding hydrogens is 273 g/mol. The predicted octanol–water partition coefficient (Wildman–Crippen LogP) is 4.04. The first-order chi connectivity index (χ1) is 8.58. The van der Waals surface area contributed by atoms with Gasteiger partial charge in [-0.3, -0.25) is 0 Å². The number of hydrogen-bond acceptors (Lipinski definition) is 4. The molecule has 1 aromatic carbocycles. The zero-order valence-corrected chi connectivity index (χ0v) is 11.4. The Bertz CT molecular complexity index is 577. The van der Waals surface area contributed by atoms with Crippen molar-refractivity contribution in [3.05, 3.63) is 40.8 Å². The summed E-state index contributed by atoms with van der Waals surface area (Å²) in [6, 6.07) is 6.40. The highest BCUT2D eigenvalue weighted by atomic mass is 35.5. The second-order valence-corrected chi connectivity index (χ2v) is 4.81. The maximum Gasteiger partial charge on any atom is 0.190 e. The quantitative estimate of drug-likeness (QED) is 0.524. The van der Waals surface area contributed by atoms with Gasteiger partial charge in [0.15, 0.2) is 5.16 Å². The summed E-state index contributed by atoms with van der Waals surface area (Å²) in [5.74, 6) is 0.358. The van der Waals surface area contributed by atoms with Gasteiger partial charge in [-0.25, -0.2) is 14.4 Å². The second-order valence-electron chi connectivity index (χ2n) is 3.65. The molecule has 6 heteroatoms. The Balaban J connectivity index is 2.27. The van der Waals surface area contributed by atoms with E-state index in [1.165, 1.54) is 17.8 Å². The molecular formula is C12H11ClFN3S. The van der Waals surface area contributed by atoms with Gasteiger partial charge in [0.25, 0.3) is 0 Å². The average molecular weight is 284 g/mol. The standard InChI is InChI=1S/C12H11ClFN3S/c1-7-5-8(3-4-9(7)14)15-11-6-10(13)16-12(17-11)18-2/h3-6H,1-2H3,(H,15,16,17). The van der Waals surface area contributed by atoms with E-state index in [0.29, 0.717) is 21.7 Å². The normalized spacial score (nSPS) is 10.4. The summed E-state index contributed by atoms with van der Waals surface area (Å²) in [6.07, 6.45) is 1.87. The van der Waals surface area contributed by atoms with Gasteiger partial charge < -0.3 is 5.32 Å². The van der Waals surface area contributed by atoms with Crippen molar-refractivity contribution in [2.45, 2.75) is 12.1 Å². The van der Waals surface area contributed by atoms with Crippen molar-refractivity contribution in [1.82, 2.24) is 9.97 Å². The van der Waals surface area contributed by atoms with Crippen LogP contribution in [0.5, 0.6) is 0 Å². The Morgan fingerprint density at radius 1 is 1.28 bits per heavy atom. The molecule has 0 aliphatic carbocycles.